The van der Waals surface area contributed by atoms with Crippen molar-refractivity contribution in [2.45, 2.75) is 6.10 Å². The molecule has 0 bridgehead atoms. The average Bonchev–Trinajstić information content (AvgIpc) is 2.48. The van der Waals surface area contributed by atoms with Crippen LogP contribution in [0, 0.1) is 0 Å². The molecule has 3 aromatic rings. The van der Waals surface area contributed by atoms with Gasteiger partial charge in [0.15, 0.2) is 5.43 Å². The van der Waals surface area contributed by atoms with Crippen LogP contribution in [0.1, 0.15) is 17.2 Å². The normalized spacial score (nSPS) is 12.5. The van der Waals surface area contributed by atoms with Crippen LogP contribution in [0.4, 0.5) is 0 Å². The van der Waals surface area contributed by atoms with Crippen molar-refractivity contribution in [3.05, 3.63) is 76.4 Å². The first-order chi connectivity index (χ1) is 9.27. The molecule has 2 heterocycles. The van der Waals surface area contributed by atoms with Crippen molar-refractivity contribution in [2.24, 2.45) is 0 Å². The summed E-state index contributed by atoms with van der Waals surface area (Å²) in [6.45, 7) is 0. The van der Waals surface area contributed by atoms with Crippen LogP contribution < -0.4 is 5.43 Å². The Morgan fingerprint density at radius 3 is 2.79 bits per heavy atom. The number of pyridine rings is 1. The highest BCUT2D eigenvalue weighted by Gasteiger charge is 2.16. The quantitative estimate of drug-likeness (QED) is 0.761. The van der Waals surface area contributed by atoms with E-state index in [1.54, 1.807) is 42.6 Å². The maximum atomic E-state index is 12.3. The van der Waals surface area contributed by atoms with Gasteiger partial charge >= 0.3 is 0 Å². The van der Waals surface area contributed by atoms with Gasteiger partial charge in [-0.25, -0.2) is 0 Å². The van der Waals surface area contributed by atoms with Gasteiger partial charge in [-0.2, -0.15) is 0 Å². The van der Waals surface area contributed by atoms with Crippen molar-refractivity contribution in [3.63, 3.8) is 0 Å². The number of rotatable bonds is 2. The Kier molecular flexibility index (Phi) is 2.85. The van der Waals surface area contributed by atoms with E-state index in [4.69, 9.17) is 4.42 Å². The smallest absolute Gasteiger partial charge is 0.198 e. The lowest BCUT2D eigenvalue weighted by molar-refractivity contribution is 0.216. The molecule has 1 unspecified atom stereocenters. The molecule has 94 valence electrons. The summed E-state index contributed by atoms with van der Waals surface area (Å²) in [4.78, 5) is 16.2. The topological polar surface area (TPSA) is 63.3 Å². The van der Waals surface area contributed by atoms with Crippen LogP contribution in [0.2, 0.25) is 0 Å². The van der Waals surface area contributed by atoms with Gasteiger partial charge in [-0.15, -0.1) is 0 Å². The third-order valence-electron chi connectivity index (χ3n) is 3.00. The highest BCUT2D eigenvalue weighted by molar-refractivity contribution is 5.76. The van der Waals surface area contributed by atoms with E-state index < -0.39 is 6.10 Å². The van der Waals surface area contributed by atoms with Crippen LogP contribution in [0.15, 0.2) is 64.3 Å². The molecule has 1 aromatic carbocycles. The Labute approximate surface area is 109 Å². The molecule has 0 fully saturated rings. The first kappa shape index (κ1) is 11.6. The molecular formula is C15H11NO3. The second-order valence-corrected chi connectivity index (χ2v) is 4.21. The van der Waals surface area contributed by atoms with Crippen LogP contribution in [-0.2, 0) is 0 Å². The number of aromatic nitrogens is 1. The molecule has 0 saturated carbocycles. The molecule has 0 radical (unpaired) electrons. The van der Waals surface area contributed by atoms with Crippen molar-refractivity contribution in [3.8, 4) is 0 Å². The molecule has 0 aliphatic carbocycles. The number of hydrogen-bond donors (Lipinski definition) is 1. The SMILES string of the molecule is O=c1c(C(O)c2cccnc2)coc2ccccc12. The summed E-state index contributed by atoms with van der Waals surface area (Å²) in [5, 5.41) is 10.7. The van der Waals surface area contributed by atoms with Crippen LogP contribution in [0.25, 0.3) is 11.0 Å². The molecule has 4 nitrogen and oxygen atoms in total. The number of para-hydroxylation sites is 1. The van der Waals surface area contributed by atoms with E-state index in [1.165, 1.54) is 12.5 Å². The molecule has 0 aliphatic rings. The first-order valence-corrected chi connectivity index (χ1v) is 5.86. The summed E-state index contributed by atoms with van der Waals surface area (Å²) in [6, 6.07) is 10.4. The van der Waals surface area contributed by atoms with Gasteiger partial charge in [-0.1, -0.05) is 18.2 Å². The van der Waals surface area contributed by atoms with Gasteiger partial charge in [0.25, 0.3) is 0 Å². The van der Waals surface area contributed by atoms with Gasteiger partial charge in [0.1, 0.15) is 18.0 Å². The lowest BCUT2D eigenvalue weighted by Crippen LogP contribution is -2.14. The lowest BCUT2D eigenvalue weighted by atomic mass is 10.0. The van der Waals surface area contributed by atoms with Gasteiger partial charge in [0.2, 0.25) is 0 Å². The van der Waals surface area contributed by atoms with Crippen molar-refractivity contribution in [1.29, 1.82) is 0 Å². The second-order valence-electron chi connectivity index (χ2n) is 4.21. The maximum Gasteiger partial charge on any atom is 0.198 e. The van der Waals surface area contributed by atoms with Crippen LogP contribution >= 0.6 is 0 Å². The Morgan fingerprint density at radius 2 is 2.00 bits per heavy atom. The third kappa shape index (κ3) is 2.02. The molecule has 2 aromatic heterocycles. The number of benzene rings is 1. The summed E-state index contributed by atoms with van der Waals surface area (Å²) in [5.74, 6) is 0. The van der Waals surface area contributed by atoms with E-state index >= 15 is 0 Å². The molecule has 3 rings (SSSR count). The van der Waals surface area contributed by atoms with E-state index in [0.29, 0.717) is 16.5 Å². The highest BCUT2D eigenvalue weighted by Crippen LogP contribution is 2.20. The molecule has 1 N–H and O–H groups in total. The van der Waals surface area contributed by atoms with E-state index in [1.807, 2.05) is 0 Å². The standard InChI is InChI=1S/C15H11NO3/c17-14(10-4-3-7-16-8-10)12-9-19-13-6-2-1-5-11(13)15(12)18/h1-9,14,17H. The summed E-state index contributed by atoms with van der Waals surface area (Å²) in [7, 11) is 0. The number of nitrogens with zero attached hydrogens (tertiary/aromatic N) is 1. The van der Waals surface area contributed by atoms with E-state index in [0.717, 1.165) is 0 Å². The monoisotopic (exact) mass is 253 g/mol. The van der Waals surface area contributed by atoms with Crippen molar-refractivity contribution in [2.75, 3.05) is 0 Å². The van der Waals surface area contributed by atoms with E-state index in [-0.39, 0.29) is 11.0 Å². The minimum Gasteiger partial charge on any atom is -0.464 e. The van der Waals surface area contributed by atoms with Crippen molar-refractivity contribution < 1.29 is 9.52 Å². The zero-order valence-electron chi connectivity index (χ0n) is 9.98. The molecule has 0 spiro atoms. The molecular weight excluding hydrogens is 242 g/mol. The van der Waals surface area contributed by atoms with Crippen molar-refractivity contribution >= 4 is 11.0 Å². The highest BCUT2D eigenvalue weighted by atomic mass is 16.3. The van der Waals surface area contributed by atoms with Gasteiger partial charge in [-0.05, 0) is 18.2 Å². The summed E-state index contributed by atoms with van der Waals surface area (Å²) in [5.41, 5.74) is 1.06. The Bertz CT molecular complexity index is 765. The van der Waals surface area contributed by atoms with E-state index in [2.05, 4.69) is 4.98 Å². The van der Waals surface area contributed by atoms with Gasteiger partial charge < -0.3 is 9.52 Å². The third-order valence-corrected chi connectivity index (χ3v) is 3.00. The summed E-state index contributed by atoms with van der Waals surface area (Å²) < 4.78 is 5.39. The van der Waals surface area contributed by atoms with E-state index in [9.17, 15) is 9.90 Å². The summed E-state index contributed by atoms with van der Waals surface area (Å²) >= 11 is 0. The minimum atomic E-state index is -1.03. The molecule has 1 atom stereocenters. The number of hydrogen-bond acceptors (Lipinski definition) is 4. The number of fused-ring (bicyclic) bond motifs is 1. The zero-order valence-corrected chi connectivity index (χ0v) is 9.98. The average molecular weight is 253 g/mol. The molecule has 19 heavy (non-hydrogen) atoms. The Morgan fingerprint density at radius 1 is 1.16 bits per heavy atom. The zero-order chi connectivity index (χ0) is 13.2. The summed E-state index contributed by atoms with van der Waals surface area (Å²) in [6.07, 6.45) is 3.41. The molecule has 0 amide bonds. The fourth-order valence-electron chi connectivity index (χ4n) is 2.00. The van der Waals surface area contributed by atoms with Crippen LogP contribution in [-0.4, -0.2) is 10.1 Å². The Balaban J connectivity index is 2.16. The predicted molar refractivity (Wildman–Crippen MR) is 70.8 cm³/mol. The first-order valence-electron chi connectivity index (χ1n) is 5.86. The Hall–Kier alpha value is -2.46. The molecule has 0 aliphatic heterocycles. The van der Waals surface area contributed by atoms with Gasteiger partial charge in [0, 0.05) is 18.0 Å². The molecule has 0 saturated heterocycles. The second kappa shape index (κ2) is 4.66. The molecule has 4 heteroatoms. The van der Waals surface area contributed by atoms with Crippen molar-refractivity contribution in [1.82, 2.24) is 4.98 Å². The number of aliphatic hydroxyl groups excluding tert-OH is 1. The van der Waals surface area contributed by atoms with Crippen LogP contribution in [0.3, 0.4) is 0 Å². The fourth-order valence-corrected chi connectivity index (χ4v) is 2.00. The maximum absolute atomic E-state index is 12.3. The van der Waals surface area contributed by atoms with Crippen LogP contribution in [0.5, 0.6) is 0 Å². The fraction of sp³-hybridized carbons (Fsp3) is 0.0667. The lowest BCUT2D eigenvalue weighted by Gasteiger charge is -2.10. The largest absolute Gasteiger partial charge is 0.464 e. The van der Waals surface area contributed by atoms with Gasteiger partial charge in [0.05, 0.1) is 10.9 Å². The van der Waals surface area contributed by atoms with Gasteiger partial charge in [-0.3, -0.25) is 9.78 Å². The minimum absolute atomic E-state index is 0.215. The predicted octanol–water partition coefficient (Wildman–Crippen LogP) is 2.27. The number of aliphatic hydroxyl groups is 1.